The zero-order valence-electron chi connectivity index (χ0n) is 17.2. The van der Waals surface area contributed by atoms with Gasteiger partial charge < -0.3 is 15.2 Å². The number of benzene rings is 2. The molecule has 0 spiro atoms. The standard InChI is InChI=1S/C24H25BrN4O/c1-3-29(4-2)23-10-9-17(14-21(23)25)13-19(15-26)24(30)27-12-11-18-16-28-22-8-6-5-7-20(18)22/h5-10,13-14,16,28H,3-4,11-12H2,1-2H3,(H,27,30)/b19-13-. The molecule has 0 aliphatic rings. The largest absolute Gasteiger partial charge is 0.371 e. The van der Waals surface area contributed by atoms with Gasteiger partial charge in [-0.3, -0.25) is 4.79 Å². The zero-order valence-corrected chi connectivity index (χ0v) is 18.8. The van der Waals surface area contributed by atoms with Crippen LogP contribution in [-0.4, -0.2) is 30.5 Å². The third kappa shape index (κ3) is 4.92. The molecule has 6 heteroatoms. The maximum atomic E-state index is 12.5. The molecule has 2 aromatic carbocycles. The Morgan fingerprint density at radius 3 is 2.70 bits per heavy atom. The van der Waals surface area contributed by atoms with Gasteiger partial charge in [-0.05, 0) is 71.6 Å². The molecule has 0 saturated heterocycles. The van der Waals surface area contributed by atoms with E-state index in [9.17, 15) is 10.1 Å². The molecule has 3 rings (SSSR count). The van der Waals surface area contributed by atoms with Crippen molar-refractivity contribution in [1.29, 1.82) is 5.26 Å². The highest BCUT2D eigenvalue weighted by atomic mass is 79.9. The lowest BCUT2D eigenvalue weighted by Crippen LogP contribution is -2.26. The number of carbonyl (C=O) groups excluding carboxylic acids is 1. The Kier molecular flexibility index (Phi) is 7.31. The number of aromatic amines is 1. The van der Waals surface area contributed by atoms with E-state index in [2.05, 4.69) is 51.0 Å². The summed E-state index contributed by atoms with van der Waals surface area (Å²) in [6.45, 7) is 6.50. The van der Waals surface area contributed by atoms with E-state index in [4.69, 9.17) is 0 Å². The van der Waals surface area contributed by atoms with Gasteiger partial charge in [-0.15, -0.1) is 0 Å². The number of rotatable bonds is 8. The van der Waals surface area contributed by atoms with Crippen LogP contribution in [0.25, 0.3) is 17.0 Å². The number of hydrogen-bond donors (Lipinski definition) is 2. The molecule has 0 bridgehead atoms. The molecule has 5 nitrogen and oxygen atoms in total. The monoisotopic (exact) mass is 464 g/mol. The number of nitrogens with zero attached hydrogens (tertiary/aromatic N) is 2. The van der Waals surface area contributed by atoms with Crippen LogP contribution in [0.5, 0.6) is 0 Å². The number of nitrogens with one attached hydrogen (secondary N) is 2. The van der Waals surface area contributed by atoms with E-state index in [1.54, 1.807) is 6.08 Å². The smallest absolute Gasteiger partial charge is 0.261 e. The van der Waals surface area contributed by atoms with E-state index in [0.717, 1.165) is 45.3 Å². The first-order valence-electron chi connectivity index (χ1n) is 10.1. The van der Waals surface area contributed by atoms with E-state index in [1.165, 1.54) is 0 Å². The molecule has 3 aromatic rings. The summed E-state index contributed by atoms with van der Waals surface area (Å²) >= 11 is 3.60. The molecule has 1 amide bonds. The SMILES string of the molecule is CCN(CC)c1ccc(/C=C(/C#N)C(=O)NCCc2c[nH]c3ccccc23)cc1Br. The van der Waals surface area contributed by atoms with Gasteiger partial charge >= 0.3 is 0 Å². The number of halogens is 1. The van der Waals surface area contributed by atoms with Crippen molar-refractivity contribution >= 4 is 44.5 Å². The van der Waals surface area contributed by atoms with Crippen molar-refractivity contribution < 1.29 is 4.79 Å². The highest BCUT2D eigenvalue weighted by Gasteiger charge is 2.11. The Morgan fingerprint density at radius 1 is 1.23 bits per heavy atom. The number of para-hydroxylation sites is 1. The summed E-state index contributed by atoms with van der Waals surface area (Å²) in [4.78, 5) is 18.0. The van der Waals surface area contributed by atoms with Crippen LogP contribution in [0, 0.1) is 11.3 Å². The number of amides is 1. The summed E-state index contributed by atoms with van der Waals surface area (Å²) in [7, 11) is 0. The third-order valence-electron chi connectivity index (χ3n) is 5.11. The molecule has 0 unspecified atom stereocenters. The van der Waals surface area contributed by atoms with Gasteiger partial charge in [0.2, 0.25) is 0 Å². The number of nitriles is 1. The summed E-state index contributed by atoms with van der Waals surface area (Å²) in [6.07, 6.45) is 4.28. The van der Waals surface area contributed by atoms with Crippen molar-refractivity contribution in [2.45, 2.75) is 20.3 Å². The average molecular weight is 465 g/mol. The Morgan fingerprint density at radius 2 is 2.00 bits per heavy atom. The van der Waals surface area contributed by atoms with Crippen LogP contribution in [0.2, 0.25) is 0 Å². The first kappa shape index (κ1) is 21.7. The average Bonchev–Trinajstić information content (AvgIpc) is 3.17. The minimum absolute atomic E-state index is 0.0939. The van der Waals surface area contributed by atoms with Gasteiger partial charge in [0.05, 0.1) is 5.69 Å². The molecule has 1 aromatic heterocycles. The van der Waals surface area contributed by atoms with Crippen LogP contribution in [0.4, 0.5) is 5.69 Å². The predicted octanol–water partition coefficient (Wildman–Crippen LogP) is 5.04. The summed E-state index contributed by atoms with van der Waals surface area (Å²) in [5.74, 6) is -0.360. The van der Waals surface area contributed by atoms with E-state index in [-0.39, 0.29) is 11.5 Å². The Balaban J connectivity index is 1.66. The van der Waals surface area contributed by atoms with Crippen LogP contribution >= 0.6 is 15.9 Å². The molecular weight excluding hydrogens is 440 g/mol. The van der Waals surface area contributed by atoms with Gasteiger partial charge in [0.25, 0.3) is 5.91 Å². The molecule has 30 heavy (non-hydrogen) atoms. The number of fused-ring (bicyclic) bond motifs is 1. The van der Waals surface area contributed by atoms with Crippen molar-refractivity contribution in [2.24, 2.45) is 0 Å². The number of hydrogen-bond acceptors (Lipinski definition) is 3. The van der Waals surface area contributed by atoms with E-state index < -0.39 is 0 Å². The number of anilines is 1. The van der Waals surface area contributed by atoms with Gasteiger partial charge in [-0.2, -0.15) is 5.26 Å². The fourth-order valence-corrected chi connectivity index (χ4v) is 4.14. The van der Waals surface area contributed by atoms with Gasteiger partial charge in [-0.25, -0.2) is 0 Å². The summed E-state index contributed by atoms with van der Waals surface area (Å²) in [5, 5.41) is 13.5. The van der Waals surface area contributed by atoms with E-state index in [1.807, 2.05) is 48.7 Å². The van der Waals surface area contributed by atoms with Crippen LogP contribution < -0.4 is 10.2 Å². The molecule has 2 N–H and O–H groups in total. The molecule has 0 radical (unpaired) electrons. The van der Waals surface area contributed by atoms with Crippen LogP contribution in [0.3, 0.4) is 0 Å². The van der Waals surface area contributed by atoms with Gasteiger partial charge in [0.1, 0.15) is 11.6 Å². The highest BCUT2D eigenvalue weighted by Crippen LogP contribution is 2.28. The van der Waals surface area contributed by atoms with Crippen LogP contribution in [-0.2, 0) is 11.2 Å². The Bertz CT molecular complexity index is 1110. The normalized spacial score (nSPS) is 11.3. The van der Waals surface area contributed by atoms with Crippen LogP contribution in [0.15, 0.2) is 58.7 Å². The molecule has 0 atom stereocenters. The highest BCUT2D eigenvalue weighted by molar-refractivity contribution is 9.10. The topological polar surface area (TPSA) is 71.9 Å². The number of carbonyl (C=O) groups is 1. The van der Waals surface area contributed by atoms with Gasteiger partial charge in [0.15, 0.2) is 0 Å². The fourth-order valence-electron chi connectivity index (χ4n) is 3.49. The van der Waals surface area contributed by atoms with Crippen molar-refractivity contribution in [2.75, 3.05) is 24.5 Å². The molecular formula is C24H25BrN4O. The van der Waals surface area contributed by atoms with Gasteiger partial charge in [0, 0.05) is 41.2 Å². The predicted molar refractivity (Wildman–Crippen MR) is 126 cm³/mol. The quantitative estimate of drug-likeness (QED) is 0.362. The van der Waals surface area contributed by atoms with Crippen molar-refractivity contribution in [3.63, 3.8) is 0 Å². The number of H-pyrrole nitrogens is 1. The van der Waals surface area contributed by atoms with Crippen molar-refractivity contribution in [1.82, 2.24) is 10.3 Å². The maximum Gasteiger partial charge on any atom is 0.261 e. The third-order valence-corrected chi connectivity index (χ3v) is 5.74. The minimum Gasteiger partial charge on any atom is -0.371 e. The Labute approximate surface area is 185 Å². The second-order valence-corrected chi connectivity index (χ2v) is 7.77. The molecule has 0 aliphatic heterocycles. The zero-order chi connectivity index (χ0) is 21.5. The van der Waals surface area contributed by atoms with E-state index in [0.29, 0.717) is 13.0 Å². The molecule has 154 valence electrons. The fraction of sp³-hybridized carbons (Fsp3) is 0.250. The van der Waals surface area contributed by atoms with E-state index >= 15 is 0 Å². The second-order valence-electron chi connectivity index (χ2n) is 6.92. The Hall–Kier alpha value is -3.04. The lowest BCUT2D eigenvalue weighted by Gasteiger charge is -2.22. The van der Waals surface area contributed by atoms with Crippen molar-refractivity contribution in [3.8, 4) is 6.07 Å². The summed E-state index contributed by atoms with van der Waals surface area (Å²) in [6, 6.07) is 16.0. The molecule has 0 saturated carbocycles. The molecule has 0 aliphatic carbocycles. The first-order valence-corrected chi connectivity index (χ1v) is 10.9. The molecule has 1 heterocycles. The first-order chi connectivity index (χ1) is 14.6. The minimum atomic E-state index is -0.360. The summed E-state index contributed by atoms with van der Waals surface area (Å²) < 4.78 is 0.942. The lowest BCUT2D eigenvalue weighted by molar-refractivity contribution is -0.117. The van der Waals surface area contributed by atoms with Crippen molar-refractivity contribution in [3.05, 3.63) is 69.8 Å². The van der Waals surface area contributed by atoms with Crippen LogP contribution in [0.1, 0.15) is 25.0 Å². The second kappa shape index (κ2) is 10.1. The molecule has 0 fully saturated rings. The lowest BCUT2D eigenvalue weighted by atomic mass is 10.1. The summed E-state index contributed by atoms with van der Waals surface area (Å²) in [5.41, 5.74) is 4.22. The van der Waals surface area contributed by atoms with Gasteiger partial charge in [-0.1, -0.05) is 24.3 Å². The number of aromatic nitrogens is 1. The maximum absolute atomic E-state index is 12.5.